The van der Waals surface area contributed by atoms with E-state index >= 15 is 0 Å². The van der Waals surface area contributed by atoms with Gasteiger partial charge in [0.2, 0.25) is 5.95 Å². The van der Waals surface area contributed by atoms with Gasteiger partial charge in [0.1, 0.15) is 0 Å². The van der Waals surface area contributed by atoms with Crippen LogP contribution in [0.2, 0.25) is 0 Å². The van der Waals surface area contributed by atoms with E-state index in [4.69, 9.17) is 5.73 Å². The number of para-hydroxylation sites is 1. The zero-order chi connectivity index (χ0) is 10.4. The second-order valence-corrected chi connectivity index (χ2v) is 4.47. The average molecular weight is 201 g/mol. The van der Waals surface area contributed by atoms with Crippen LogP contribution in [0.25, 0.3) is 11.0 Å². The van der Waals surface area contributed by atoms with Crippen molar-refractivity contribution in [2.24, 2.45) is 5.92 Å². The predicted molar refractivity (Wildman–Crippen MR) is 61.6 cm³/mol. The van der Waals surface area contributed by atoms with Crippen LogP contribution >= 0.6 is 0 Å². The van der Waals surface area contributed by atoms with Crippen LogP contribution in [0.4, 0.5) is 5.95 Å². The van der Waals surface area contributed by atoms with Crippen molar-refractivity contribution < 1.29 is 0 Å². The normalized spacial score (nSPS) is 16.1. The molecule has 1 aromatic heterocycles. The van der Waals surface area contributed by atoms with Crippen molar-refractivity contribution in [2.45, 2.75) is 26.3 Å². The molecule has 2 N–H and O–H groups in total. The molecule has 0 spiro atoms. The molecule has 3 heteroatoms. The van der Waals surface area contributed by atoms with E-state index in [-0.39, 0.29) is 0 Å². The maximum atomic E-state index is 5.95. The van der Waals surface area contributed by atoms with Crippen LogP contribution in [-0.2, 0) is 6.54 Å². The Morgan fingerprint density at radius 3 is 3.00 bits per heavy atom. The van der Waals surface area contributed by atoms with Gasteiger partial charge >= 0.3 is 0 Å². The minimum Gasteiger partial charge on any atom is -0.369 e. The standard InChI is InChI=1S/C12H15N3/c1-8-3-2-4-10-11(8)14-12(13)15(10)7-9-5-6-9/h2-4,9H,5-7H2,1H3,(H2,13,14). The summed E-state index contributed by atoms with van der Waals surface area (Å²) in [5.41, 5.74) is 9.38. The molecule has 1 aliphatic rings. The molecule has 0 bridgehead atoms. The van der Waals surface area contributed by atoms with Crippen LogP contribution in [0.3, 0.4) is 0 Å². The lowest BCUT2D eigenvalue weighted by molar-refractivity contribution is 0.650. The van der Waals surface area contributed by atoms with Gasteiger partial charge in [-0.3, -0.25) is 0 Å². The molecule has 1 aromatic carbocycles. The van der Waals surface area contributed by atoms with Crippen molar-refractivity contribution in [1.29, 1.82) is 0 Å². The highest BCUT2D eigenvalue weighted by atomic mass is 15.2. The summed E-state index contributed by atoms with van der Waals surface area (Å²) in [6, 6.07) is 6.26. The Labute approximate surface area is 88.9 Å². The zero-order valence-electron chi connectivity index (χ0n) is 8.90. The van der Waals surface area contributed by atoms with Gasteiger partial charge in [-0.15, -0.1) is 0 Å². The summed E-state index contributed by atoms with van der Waals surface area (Å²) in [7, 11) is 0. The first-order valence-corrected chi connectivity index (χ1v) is 5.47. The highest BCUT2D eigenvalue weighted by Crippen LogP contribution is 2.33. The summed E-state index contributed by atoms with van der Waals surface area (Å²) in [5.74, 6) is 1.48. The highest BCUT2D eigenvalue weighted by Gasteiger charge is 2.23. The minimum absolute atomic E-state index is 0.659. The van der Waals surface area contributed by atoms with Gasteiger partial charge in [-0.2, -0.15) is 0 Å². The first-order chi connectivity index (χ1) is 7.25. The maximum absolute atomic E-state index is 5.95. The van der Waals surface area contributed by atoms with Crippen molar-refractivity contribution >= 4 is 17.0 Å². The summed E-state index contributed by atoms with van der Waals surface area (Å²) in [5, 5.41) is 0. The Bertz CT molecular complexity index is 509. The lowest BCUT2D eigenvalue weighted by Gasteiger charge is -2.04. The molecular formula is C12H15N3. The molecule has 0 aliphatic heterocycles. The number of aromatic nitrogens is 2. The van der Waals surface area contributed by atoms with Crippen molar-refractivity contribution in [2.75, 3.05) is 5.73 Å². The Hall–Kier alpha value is -1.51. The number of hydrogen-bond acceptors (Lipinski definition) is 2. The molecule has 1 saturated carbocycles. The van der Waals surface area contributed by atoms with E-state index in [9.17, 15) is 0 Å². The third-order valence-electron chi connectivity index (χ3n) is 3.15. The third-order valence-corrected chi connectivity index (χ3v) is 3.15. The molecule has 1 heterocycles. The summed E-state index contributed by atoms with van der Waals surface area (Å²) in [4.78, 5) is 4.43. The van der Waals surface area contributed by atoms with Crippen molar-refractivity contribution in [3.63, 3.8) is 0 Å². The Kier molecular flexibility index (Phi) is 1.75. The summed E-state index contributed by atoms with van der Waals surface area (Å²) < 4.78 is 2.15. The second-order valence-electron chi connectivity index (χ2n) is 4.47. The molecule has 2 aromatic rings. The molecule has 0 amide bonds. The van der Waals surface area contributed by atoms with Crippen molar-refractivity contribution in [3.05, 3.63) is 23.8 Å². The van der Waals surface area contributed by atoms with E-state index in [0.29, 0.717) is 5.95 Å². The SMILES string of the molecule is Cc1cccc2c1nc(N)n2CC1CC1. The van der Waals surface area contributed by atoms with Gasteiger partial charge in [0.25, 0.3) is 0 Å². The quantitative estimate of drug-likeness (QED) is 0.810. The lowest BCUT2D eigenvalue weighted by atomic mass is 10.2. The first kappa shape index (κ1) is 8.77. The number of fused-ring (bicyclic) bond motifs is 1. The number of imidazole rings is 1. The number of anilines is 1. The molecular weight excluding hydrogens is 186 g/mol. The van der Waals surface area contributed by atoms with Crippen LogP contribution in [0.1, 0.15) is 18.4 Å². The number of hydrogen-bond donors (Lipinski definition) is 1. The molecule has 15 heavy (non-hydrogen) atoms. The number of nitrogen functional groups attached to an aromatic ring is 1. The molecule has 0 atom stereocenters. The van der Waals surface area contributed by atoms with Crippen LogP contribution in [-0.4, -0.2) is 9.55 Å². The Morgan fingerprint density at radius 2 is 2.27 bits per heavy atom. The molecule has 0 unspecified atom stereocenters. The van der Waals surface area contributed by atoms with E-state index in [1.807, 2.05) is 0 Å². The van der Waals surface area contributed by atoms with Gasteiger partial charge in [-0.05, 0) is 37.3 Å². The molecule has 78 valence electrons. The highest BCUT2D eigenvalue weighted by molar-refractivity contribution is 5.81. The van der Waals surface area contributed by atoms with Gasteiger partial charge in [0, 0.05) is 6.54 Å². The van der Waals surface area contributed by atoms with Gasteiger partial charge in [-0.25, -0.2) is 4.98 Å². The summed E-state index contributed by atoms with van der Waals surface area (Å²) >= 11 is 0. The number of nitrogens with zero attached hydrogens (tertiary/aromatic N) is 2. The molecule has 0 radical (unpaired) electrons. The Balaban J connectivity index is 2.18. The first-order valence-electron chi connectivity index (χ1n) is 5.47. The van der Waals surface area contributed by atoms with Crippen molar-refractivity contribution in [3.8, 4) is 0 Å². The number of benzene rings is 1. The molecule has 3 nitrogen and oxygen atoms in total. The molecule has 1 fully saturated rings. The summed E-state index contributed by atoms with van der Waals surface area (Å²) in [6.07, 6.45) is 2.68. The predicted octanol–water partition coefficient (Wildman–Crippen LogP) is 2.34. The zero-order valence-corrected chi connectivity index (χ0v) is 8.90. The van der Waals surface area contributed by atoms with Crippen LogP contribution in [0, 0.1) is 12.8 Å². The van der Waals surface area contributed by atoms with Gasteiger partial charge in [0.05, 0.1) is 11.0 Å². The maximum Gasteiger partial charge on any atom is 0.201 e. The molecule has 0 saturated heterocycles. The second kappa shape index (κ2) is 2.99. The fourth-order valence-corrected chi connectivity index (χ4v) is 2.06. The van der Waals surface area contributed by atoms with Gasteiger partial charge in [0.15, 0.2) is 0 Å². The fourth-order valence-electron chi connectivity index (χ4n) is 2.06. The monoisotopic (exact) mass is 201 g/mol. The van der Waals surface area contributed by atoms with Gasteiger partial charge < -0.3 is 10.3 Å². The van der Waals surface area contributed by atoms with Gasteiger partial charge in [-0.1, -0.05) is 12.1 Å². The van der Waals surface area contributed by atoms with E-state index in [2.05, 4.69) is 34.7 Å². The largest absolute Gasteiger partial charge is 0.369 e. The van der Waals surface area contributed by atoms with Crippen LogP contribution < -0.4 is 5.73 Å². The third kappa shape index (κ3) is 1.39. The van der Waals surface area contributed by atoms with E-state index < -0.39 is 0 Å². The summed E-state index contributed by atoms with van der Waals surface area (Å²) in [6.45, 7) is 3.11. The average Bonchev–Trinajstić information content (AvgIpc) is 2.96. The van der Waals surface area contributed by atoms with Crippen LogP contribution in [0.5, 0.6) is 0 Å². The van der Waals surface area contributed by atoms with E-state index in [0.717, 1.165) is 18.0 Å². The van der Waals surface area contributed by atoms with E-state index in [1.54, 1.807) is 0 Å². The molecule has 1 aliphatic carbocycles. The number of aryl methyl sites for hydroxylation is 1. The molecule has 3 rings (SSSR count). The topological polar surface area (TPSA) is 43.8 Å². The lowest BCUT2D eigenvalue weighted by Crippen LogP contribution is -2.04. The minimum atomic E-state index is 0.659. The number of rotatable bonds is 2. The van der Waals surface area contributed by atoms with Crippen LogP contribution in [0.15, 0.2) is 18.2 Å². The fraction of sp³-hybridized carbons (Fsp3) is 0.417. The smallest absolute Gasteiger partial charge is 0.201 e. The van der Waals surface area contributed by atoms with E-state index in [1.165, 1.54) is 23.9 Å². The number of nitrogens with two attached hydrogens (primary N) is 1. The Morgan fingerprint density at radius 1 is 1.47 bits per heavy atom. The van der Waals surface area contributed by atoms with Crippen molar-refractivity contribution in [1.82, 2.24) is 9.55 Å².